The Hall–Kier alpha value is -1.91. The van der Waals surface area contributed by atoms with Crippen LogP contribution in [-0.2, 0) is 0 Å². The molecule has 2 aromatic rings. The van der Waals surface area contributed by atoms with Crippen molar-refractivity contribution in [3.05, 3.63) is 30.6 Å². The Balaban J connectivity index is 1.62. The van der Waals surface area contributed by atoms with Crippen molar-refractivity contribution >= 4 is 5.69 Å². The Bertz CT molecular complexity index is 556. The third-order valence-corrected chi connectivity index (χ3v) is 4.55. The van der Waals surface area contributed by atoms with E-state index in [-0.39, 0.29) is 0 Å². The molecule has 112 valence electrons. The number of anilines is 1. The molecule has 1 saturated carbocycles. The molecule has 1 aliphatic carbocycles. The molecule has 0 unspecified atom stereocenters. The van der Waals surface area contributed by atoms with Gasteiger partial charge >= 0.3 is 0 Å². The van der Waals surface area contributed by atoms with Crippen LogP contribution in [0.15, 0.2) is 30.6 Å². The van der Waals surface area contributed by atoms with E-state index >= 15 is 0 Å². The van der Waals surface area contributed by atoms with Crippen molar-refractivity contribution < 1.29 is 0 Å². The van der Waals surface area contributed by atoms with Crippen molar-refractivity contribution in [3.8, 4) is 5.69 Å². The van der Waals surface area contributed by atoms with Crippen LogP contribution in [0, 0.1) is 11.8 Å². The van der Waals surface area contributed by atoms with Crippen LogP contribution in [0.2, 0.25) is 0 Å². The molecule has 0 bridgehead atoms. The standard InChI is InChI=1S/C16H23N5/c1-12(2)13-6-8-14(9-7-13)18-15-4-3-5-16(10-15)21-11-17-19-20-21/h3-5,10-14,18H,6-9H2,1-2H3. The summed E-state index contributed by atoms with van der Waals surface area (Å²) in [6.07, 6.45) is 6.81. The maximum absolute atomic E-state index is 3.93. The number of nitrogens with one attached hydrogen (secondary N) is 1. The summed E-state index contributed by atoms with van der Waals surface area (Å²) in [4.78, 5) is 0. The van der Waals surface area contributed by atoms with Gasteiger partial charge in [-0.1, -0.05) is 19.9 Å². The summed E-state index contributed by atoms with van der Waals surface area (Å²) >= 11 is 0. The van der Waals surface area contributed by atoms with Crippen LogP contribution >= 0.6 is 0 Å². The molecule has 0 spiro atoms. The molecule has 1 fully saturated rings. The van der Waals surface area contributed by atoms with E-state index in [2.05, 4.69) is 46.8 Å². The minimum atomic E-state index is 0.587. The van der Waals surface area contributed by atoms with Crippen molar-refractivity contribution in [2.24, 2.45) is 11.8 Å². The second kappa shape index (κ2) is 6.24. The molecular formula is C16H23N5. The van der Waals surface area contributed by atoms with Crippen molar-refractivity contribution in [1.29, 1.82) is 0 Å². The van der Waals surface area contributed by atoms with Crippen LogP contribution in [0.25, 0.3) is 5.69 Å². The summed E-state index contributed by atoms with van der Waals surface area (Å²) in [6.45, 7) is 4.68. The molecule has 1 heterocycles. The normalized spacial score (nSPS) is 22.4. The van der Waals surface area contributed by atoms with Gasteiger partial charge in [0.25, 0.3) is 0 Å². The summed E-state index contributed by atoms with van der Waals surface area (Å²) < 4.78 is 1.68. The van der Waals surface area contributed by atoms with Gasteiger partial charge in [0.1, 0.15) is 6.33 Å². The maximum atomic E-state index is 3.93. The van der Waals surface area contributed by atoms with E-state index in [1.165, 1.54) is 25.7 Å². The van der Waals surface area contributed by atoms with E-state index in [0.29, 0.717) is 6.04 Å². The number of nitrogens with zero attached hydrogens (tertiary/aromatic N) is 4. The SMILES string of the molecule is CC(C)C1CCC(Nc2cccc(-n3cnnn3)c2)CC1. The largest absolute Gasteiger partial charge is 0.382 e. The lowest BCUT2D eigenvalue weighted by Crippen LogP contribution is -2.27. The lowest BCUT2D eigenvalue weighted by Gasteiger charge is -2.31. The number of aromatic nitrogens is 4. The second-order valence-corrected chi connectivity index (χ2v) is 6.30. The first-order valence-electron chi connectivity index (χ1n) is 7.82. The average molecular weight is 285 g/mol. The fourth-order valence-electron chi connectivity index (χ4n) is 3.18. The molecule has 5 heteroatoms. The first-order chi connectivity index (χ1) is 10.2. The molecule has 21 heavy (non-hydrogen) atoms. The molecule has 3 rings (SSSR count). The molecule has 0 atom stereocenters. The molecule has 1 aromatic carbocycles. The van der Waals surface area contributed by atoms with Crippen molar-refractivity contribution in [3.63, 3.8) is 0 Å². The van der Waals surface area contributed by atoms with Gasteiger partial charge in [-0.15, -0.1) is 5.10 Å². The average Bonchev–Trinajstić information content (AvgIpc) is 3.02. The van der Waals surface area contributed by atoms with E-state index in [1.54, 1.807) is 11.0 Å². The molecule has 1 N–H and O–H groups in total. The number of benzene rings is 1. The van der Waals surface area contributed by atoms with E-state index in [0.717, 1.165) is 23.2 Å². The summed E-state index contributed by atoms with van der Waals surface area (Å²) in [5.41, 5.74) is 2.14. The summed E-state index contributed by atoms with van der Waals surface area (Å²) in [7, 11) is 0. The van der Waals surface area contributed by atoms with Gasteiger partial charge in [0, 0.05) is 11.7 Å². The number of hydrogen-bond acceptors (Lipinski definition) is 4. The van der Waals surface area contributed by atoms with Crippen molar-refractivity contribution in [2.75, 3.05) is 5.32 Å². The van der Waals surface area contributed by atoms with Crippen molar-refractivity contribution in [2.45, 2.75) is 45.6 Å². The Morgan fingerprint density at radius 1 is 1.19 bits per heavy atom. The summed E-state index contributed by atoms with van der Waals surface area (Å²) in [5.74, 6) is 1.71. The van der Waals surface area contributed by atoms with E-state index in [4.69, 9.17) is 0 Å². The van der Waals surface area contributed by atoms with Crippen LogP contribution in [-0.4, -0.2) is 26.2 Å². The zero-order chi connectivity index (χ0) is 14.7. The zero-order valence-corrected chi connectivity index (χ0v) is 12.7. The highest BCUT2D eigenvalue weighted by Gasteiger charge is 2.23. The Morgan fingerprint density at radius 3 is 2.67 bits per heavy atom. The minimum absolute atomic E-state index is 0.587. The molecule has 1 aromatic heterocycles. The maximum Gasteiger partial charge on any atom is 0.143 e. The highest BCUT2D eigenvalue weighted by atomic mass is 15.5. The van der Waals surface area contributed by atoms with Gasteiger partial charge in [0.05, 0.1) is 5.69 Å². The molecule has 0 saturated heterocycles. The van der Waals surface area contributed by atoms with Gasteiger partial charge in [-0.3, -0.25) is 0 Å². The fraction of sp³-hybridized carbons (Fsp3) is 0.562. The van der Waals surface area contributed by atoms with Crippen LogP contribution in [0.3, 0.4) is 0 Å². The van der Waals surface area contributed by atoms with Crippen molar-refractivity contribution in [1.82, 2.24) is 20.2 Å². The molecule has 1 aliphatic rings. The Kier molecular flexibility index (Phi) is 4.18. The third-order valence-electron chi connectivity index (χ3n) is 4.55. The topological polar surface area (TPSA) is 55.6 Å². The first kappa shape index (κ1) is 14.0. The molecule has 5 nitrogen and oxygen atoms in total. The number of hydrogen-bond donors (Lipinski definition) is 1. The van der Waals surface area contributed by atoms with Crippen LogP contribution < -0.4 is 5.32 Å². The van der Waals surface area contributed by atoms with Gasteiger partial charge in [-0.25, -0.2) is 4.68 Å². The monoisotopic (exact) mass is 285 g/mol. The molecule has 0 amide bonds. The number of tetrazole rings is 1. The predicted molar refractivity (Wildman–Crippen MR) is 83.4 cm³/mol. The van der Waals surface area contributed by atoms with Gasteiger partial charge in [-0.2, -0.15) is 0 Å². The lowest BCUT2D eigenvalue weighted by molar-refractivity contribution is 0.267. The van der Waals surface area contributed by atoms with E-state index in [9.17, 15) is 0 Å². The molecule has 0 aliphatic heterocycles. The van der Waals surface area contributed by atoms with Gasteiger partial charge in [0.2, 0.25) is 0 Å². The summed E-state index contributed by atoms with van der Waals surface area (Å²) in [6, 6.07) is 8.85. The Morgan fingerprint density at radius 2 is 2.00 bits per heavy atom. The predicted octanol–water partition coefficient (Wildman–Crippen LogP) is 3.29. The lowest BCUT2D eigenvalue weighted by atomic mass is 9.79. The van der Waals surface area contributed by atoms with Gasteiger partial charge in [-0.05, 0) is 66.1 Å². The highest BCUT2D eigenvalue weighted by molar-refractivity contribution is 5.51. The van der Waals surface area contributed by atoms with Gasteiger partial charge in [0.15, 0.2) is 0 Å². The van der Waals surface area contributed by atoms with E-state index in [1.807, 2.05) is 12.1 Å². The number of rotatable bonds is 4. The minimum Gasteiger partial charge on any atom is -0.382 e. The van der Waals surface area contributed by atoms with Crippen LogP contribution in [0.5, 0.6) is 0 Å². The second-order valence-electron chi connectivity index (χ2n) is 6.30. The third kappa shape index (κ3) is 3.40. The zero-order valence-electron chi connectivity index (χ0n) is 12.7. The quantitative estimate of drug-likeness (QED) is 0.936. The first-order valence-corrected chi connectivity index (χ1v) is 7.82. The van der Waals surface area contributed by atoms with Gasteiger partial charge < -0.3 is 5.32 Å². The summed E-state index contributed by atoms with van der Waals surface area (Å²) in [5, 5.41) is 15.0. The fourth-order valence-corrected chi connectivity index (χ4v) is 3.18. The Labute approximate surface area is 125 Å². The smallest absolute Gasteiger partial charge is 0.143 e. The molecular weight excluding hydrogens is 262 g/mol. The van der Waals surface area contributed by atoms with Crippen LogP contribution in [0.4, 0.5) is 5.69 Å². The van der Waals surface area contributed by atoms with Crippen LogP contribution in [0.1, 0.15) is 39.5 Å². The molecule has 0 radical (unpaired) electrons. The highest BCUT2D eigenvalue weighted by Crippen LogP contribution is 2.31. The van der Waals surface area contributed by atoms with E-state index < -0.39 is 0 Å².